The van der Waals surface area contributed by atoms with Gasteiger partial charge < -0.3 is 20.4 Å². The van der Waals surface area contributed by atoms with Crippen molar-refractivity contribution in [1.29, 1.82) is 0 Å². The molecule has 4 N–H and O–H groups in total. The summed E-state index contributed by atoms with van der Waals surface area (Å²) < 4.78 is 0. The lowest BCUT2D eigenvalue weighted by molar-refractivity contribution is -0.135. The van der Waals surface area contributed by atoms with Crippen LogP contribution in [0.4, 0.5) is 0 Å². The van der Waals surface area contributed by atoms with Crippen molar-refractivity contribution in [2.75, 3.05) is 0 Å². The molecule has 0 bridgehead atoms. The number of aromatic hydroxyl groups is 1. The molecule has 0 atom stereocenters. The SMILES string of the molecule is CC(=O)O.CC(=O)O.CC(=O)O.Oc1ccccc1. The van der Waals surface area contributed by atoms with Crippen molar-refractivity contribution < 1.29 is 34.8 Å². The summed E-state index contributed by atoms with van der Waals surface area (Å²) in [4.78, 5) is 27.0. The van der Waals surface area contributed by atoms with Crippen LogP contribution in [0.1, 0.15) is 20.8 Å². The van der Waals surface area contributed by atoms with Gasteiger partial charge in [-0.1, -0.05) is 18.2 Å². The van der Waals surface area contributed by atoms with E-state index in [1.54, 1.807) is 24.3 Å². The van der Waals surface area contributed by atoms with Gasteiger partial charge in [-0.25, -0.2) is 0 Å². The van der Waals surface area contributed by atoms with Gasteiger partial charge in [-0.2, -0.15) is 0 Å². The molecule has 0 aliphatic carbocycles. The smallest absolute Gasteiger partial charge is 0.300 e. The quantitative estimate of drug-likeness (QED) is 0.565. The minimum atomic E-state index is -0.833. The largest absolute Gasteiger partial charge is 0.508 e. The highest BCUT2D eigenvalue weighted by atomic mass is 16.4. The number of benzene rings is 1. The van der Waals surface area contributed by atoms with Crippen LogP contribution in [0.25, 0.3) is 0 Å². The van der Waals surface area contributed by atoms with E-state index in [0.717, 1.165) is 20.8 Å². The third-order valence-corrected chi connectivity index (χ3v) is 0.756. The van der Waals surface area contributed by atoms with Crippen LogP contribution in [0.2, 0.25) is 0 Å². The van der Waals surface area contributed by atoms with Crippen LogP contribution in [0.5, 0.6) is 5.75 Å². The average molecular weight is 274 g/mol. The van der Waals surface area contributed by atoms with Crippen LogP contribution < -0.4 is 0 Å². The van der Waals surface area contributed by atoms with E-state index in [4.69, 9.17) is 34.8 Å². The predicted octanol–water partition coefficient (Wildman–Crippen LogP) is 1.66. The molecule has 7 heteroatoms. The monoisotopic (exact) mass is 274 g/mol. The van der Waals surface area contributed by atoms with E-state index in [-0.39, 0.29) is 0 Å². The summed E-state index contributed by atoms with van der Waals surface area (Å²) in [6, 6.07) is 8.71. The number of carboxylic acid groups (broad SMARTS) is 3. The summed E-state index contributed by atoms with van der Waals surface area (Å²) in [5, 5.41) is 30.9. The number of para-hydroxylation sites is 1. The second-order valence-electron chi connectivity index (χ2n) is 2.89. The molecule has 1 rings (SSSR count). The molecule has 0 spiro atoms. The summed E-state index contributed by atoms with van der Waals surface area (Å²) in [7, 11) is 0. The van der Waals surface area contributed by atoms with Gasteiger partial charge in [0.2, 0.25) is 0 Å². The zero-order valence-electron chi connectivity index (χ0n) is 10.9. The van der Waals surface area contributed by atoms with E-state index in [1.807, 2.05) is 6.07 Å². The molecule has 1 aromatic rings. The highest BCUT2D eigenvalue weighted by Crippen LogP contribution is 2.02. The lowest BCUT2D eigenvalue weighted by Crippen LogP contribution is -1.78. The van der Waals surface area contributed by atoms with E-state index < -0.39 is 17.9 Å². The fourth-order valence-electron chi connectivity index (χ4n) is 0.428. The Hall–Kier alpha value is -2.57. The third-order valence-electron chi connectivity index (χ3n) is 0.756. The van der Waals surface area contributed by atoms with Gasteiger partial charge in [0.1, 0.15) is 5.75 Å². The molecule has 108 valence electrons. The molecule has 0 aliphatic rings. The van der Waals surface area contributed by atoms with Gasteiger partial charge in [0.25, 0.3) is 17.9 Å². The van der Waals surface area contributed by atoms with E-state index in [2.05, 4.69) is 0 Å². The second kappa shape index (κ2) is 15.4. The van der Waals surface area contributed by atoms with E-state index >= 15 is 0 Å². The third kappa shape index (κ3) is 94.4. The first-order valence-corrected chi connectivity index (χ1v) is 4.92. The Labute approximate surface area is 110 Å². The molecule has 0 aliphatic heterocycles. The number of hydrogen-bond donors (Lipinski definition) is 4. The maximum Gasteiger partial charge on any atom is 0.300 e. The molecular weight excluding hydrogens is 256 g/mol. The summed E-state index contributed by atoms with van der Waals surface area (Å²) in [6.45, 7) is 3.25. The van der Waals surface area contributed by atoms with Gasteiger partial charge in [-0.05, 0) is 12.1 Å². The average Bonchev–Trinajstić information content (AvgIpc) is 2.15. The molecule has 0 saturated heterocycles. The van der Waals surface area contributed by atoms with Crippen molar-refractivity contribution in [2.45, 2.75) is 20.8 Å². The Bertz CT molecular complexity index is 319. The Morgan fingerprint density at radius 1 is 0.737 bits per heavy atom. The van der Waals surface area contributed by atoms with Crippen molar-refractivity contribution in [1.82, 2.24) is 0 Å². The van der Waals surface area contributed by atoms with Gasteiger partial charge in [-0.15, -0.1) is 0 Å². The molecule has 0 fully saturated rings. The van der Waals surface area contributed by atoms with Crippen LogP contribution in [0.15, 0.2) is 30.3 Å². The number of aliphatic carboxylic acids is 3. The maximum absolute atomic E-state index is 9.00. The molecule has 0 unspecified atom stereocenters. The lowest BCUT2D eigenvalue weighted by atomic mass is 10.3. The molecule has 19 heavy (non-hydrogen) atoms. The lowest BCUT2D eigenvalue weighted by Gasteiger charge is -1.82. The summed E-state index contributed by atoms with van der Waals surface area (Å²) in [5.74, 6) is -2.18. The zero-order chi connectivity index (χ0) is 15.8. The van der Waals surface area contributed by atoms with E-state index in [0.29, 0.717) is 5.75 Å². The normalized spacial score (nSPS) is 7.11. The number of hydrogen-bond acceptors (Lipinski definition) is 4. The van der Waals surface area contributed by atoms with Crippen molar-refractivity contribution >= 4 is 17.9 Å². The van der Waals surface area contributed by atoms with Crippen LogP contribution in [0, 0.1) is 0 Å². The fourth-order valence-corrected chi connectivity index (χ4v) is 0.428. The highest BCUT2D eigenvalue weighted by Gasteiger charge is 1.74. The van der Waals surface area contributed by atoms with E-state index in [1.165, 1.54) is 0 Å². The van der Waals surface area contributed by atoms with Gasteiger partial charge in [-0.3, -0.25) is 14.4 Å². The van der Waals surface area contributed by atoms with Crippen LogP contribution >= 0.6 is 0 Å². The number of carbonyl (C=O) groups is 3. The van der Waals surface area contributed by atoms with Gasteiger partial charge >= 0.3 is 0 Å². The molecule has 7 nitrogen and oxygen atoms in total. The first-order chi connectivity index (χ1) is 8.59. The molecule has 1 aromatic carbocycles. The molecule has 0 heterocycles. The topological polar surface area (TPSA) is 132 Å². The fraction of sp³-hybridized carbons (Fsp3) is 0.250. The first kappa shape index (κ1) is 21.7. The molecule has 0 amide bonds. The van der Waals surface area contributed by atoms with Gasteiger partial charge in [0, 0.05) is 20.8 Å². The maximum atomic E-state index is 9.00. The van der Waals surface area contributed by atoms with E-state index in [9.17, 15) is 0 Å². The number of carboxylic acids is 3. The van der Waals surface area contributed by atoms with Crippen molar-refractivity contribution in [3.8, 4) is 5.75 Å². The van der Waals surface area contributed by atoms with Crippen molar-refractivity contribution in [2.24, 2.45) is 0 Å². The second-order valence-corrected chi connectivity index (χ2v) is 2.89. The molecule has 0 aromatic heterocycles. The first-order valence-electron chi connectivity index (χ1n) is 4.92. The summed E-state index contributed by atoms with van der Waals surface area (Å²) in [5.41, 5.74) is 0. The molecule has 0 saturated carbocycles. The zero-order valence-corrected chi connectivity index (χ0v) is 10.9. The number of rotatable bonds is 0. The minimum Gasteiger partial charge on any atom is -0.508 e. The summed E-state index contributed by atoms with van der Waals surface area (Å²) in [6.07, 6.45) is 0. The highest BCUT2D eigenvalue weighted by molar-refractivity contribution is 5.63. The van der Waals surface area contributed by atoms with Gasteiger partial charge in [0.05, 0.1) is 0 Å². The van der Waals surface area contributed by atoms with Crippen molar-refractivity contribution in [3.63, 3.8) is 0 Å². The minimum absolute atomic E-state index is 0.322. The summed E-state index contributed by atoms with van der Waals surface area (Å²) >= 11 is 0. The number of phenolic OH excluding ortho intramolecular Hbond substituents is 1. The number of phenols is 1. The predicted molar refractivity (Wildman–Crippen MR) is 68.0 cm³/mol. The molecule has 0 radical (unpaired) electrons. The Balaban J connectivity index is -0.000000189. The van der Waals surface area contributed by atoms with Crippen molar-refractivity contribution in [3.05, 3.63) is 30.3 Å². The van der Waals surface area contributed by atoms with Crippen LogP contribution in [0.3, 0.4) is 0 Å². The molecular formula is C12H18O7. The Kier molecular flexibility index (Phi) is 17.6. The van der Waals surface area contributed by atoms with Crippen LogP contribution in [-0.2, 0) is 14.4 Å². The van der Waals surface area contributed by atoms with Gasteiger partial charge in [0.15, 0.2) is 0 Å². The standard InChI is InChI=1S/C6H6O.3C2H4O2/c7-6-4-2-1-3-5-6;3*1-2(3)4/h1-5,7H;3*1H3,(H,3,4). The Morgan fingerprint density at radius 2 is 0.947 bits per heavy atom. The van der Waals surface area contributed by atoms with Crippen LogP contribution in [-0.4, -0.2) is 38.3 Å². The Morgan fingerprint density at radius 3 is 1.05 bits per heavy atom.